The zero-order valence-electron chi connectivity index (χ0n) is 31.1. The molecule has 0 aromatic heterocycles. The smallest absolute Gasteiger partial charge is 0.326 e. The number of hydrogen-bond donors (Lipinski definition) is 10. The van der Waals surface area contributed by atoms with Gasteiger partial charge in [0.1, 0.15) is 18.1 Å². The minimum Gasteiger partial charge on any atom is -0.481 e. The molecule has 0 saturated heterocycles. The molecule has 0 fully saturated rings. The molecule has 0 heterocycles. The van der Waals surface area contributed by atoms with Gasteiger partial charge in [0.2, 0.25) is 17.7 Å². The SMILES string of the molecule is N=C(N)NCCC[C@H](NC(=O)[C@H](CCC(=O)O)NC(=O)[C@H](CCC(=O)O)NC(=O)CCCCCCCCCCCCCCCCCCC(=O)O)C(=O)O. The fourth-order valence-electron chi connectivity index (χ4n) is 5.71. The molecule has 0 saturated carbocycles. The van der Waals surface area contributed by atoms with Crippen molar-refractivity contribution in [3.8, 4) is 0 Å². The molecule has 0 aromatic rings. The lowest BCUT2D eigenvalue weighted by molar-refractivity contribution is -0.143. The first-order valence-corrected chi connectivity index (χ1v) is 19.1. The molecule has 0 bridgehead atoms. The number of aliphatic carboxylic acids is 4. The Balaban J connectivity index is 4.63. The lowest BCUT2D eigenvalue weighted by Crippen LogP contribution is -2.56. The third-order valence-corrected chi connectivity index (χ3v) is 8.72. The van der Waals surface area contributed by atoms with Gasteiger partial charge in [-0.15, -0.1) is 0 Å². The summed E-state index contributed by atoms with van der Waals surface area (Å²) >= 11 is 0. The molecule has 53 heavy (non-hydrogen) atoms. The molecule has 0 rings (SSSR count). The first-order chi connectivity index (χ1) is 25.2. The average Bonchev–Trinajstić information content (AvgIpc) is 3.08. The van der Waals surface area contributed by atoms with Crippen molar-refractivity contribution in [1.29, 1.82) is 5.41 Å². The van der Waals surface area contributed by atoms with E-state index >= 15 is 0 Å². The fourth-order valence-corrected chi connectivity index (χ4v) is 5.71. The van der Waals surface area contributed by atoms with Crippen LogP contribution in [0, 0.1) is 5.41 Å². The van der Waals surface area contributed by atoms with Gasteiger partial charge in [0.25, 0.3) is 0 Å². The van der Waals surface area contributed by atoms with E-state index in [-0.39, 0.29) is 51.0 Å². The molecule has 0 radical (unpaired) electrons. The summed E-state index contributed by atoms with van der Waals surface area (Å²) in [5, 5.41) is 53.4. The van der Waals surface area contributed by atoms with Crippen LogP contribution < -0.4 is 27.0 Å². The molecule has 0 aliphatic carbocycles. The highest BCUT2D eigenvalue weighted by Crippen LogP contribution is 2.15. The number of hydrogen-bond acceptors (Lipinski definition) is 8. The van der Waals surface area contributed by atoms with Crippen LogP contribution in [0.1, 0.15) is 154 Å². The van der Waals surface area contributed by atoms with Gasteiger partial charge in [-0.1, -0.05) is 89.9 Å². The van der Waals surface area contributed by atoms with E-state index < -0.39 is 72.6 Å². The third kappa shape index (κ3) is 29.8. The van der Waals surface area contributed by atoms with Crippen LogP contribution in [0.5, 0.6) is 0 Å². The third-order valence-electron chi connectivity index (χ3n) is 8.72. The van der Waals surface area contributed by atoms with Gasteiger partial charge < -0.3 is 47.4 Å². The molecule has 0 spiro atoms. The molecule has 0 aliphatic rings. The van der Waals surface area contributed by atoms with Crippen LogP contribution in [0.4, 0.5) is 0 Å². The lowest BCUT2D eigenvalue weighted by atomic mass is 10.0. The maximum Gasteiger partial charge on any atom is 0.326 e. The monoisotopic (exact) mass is 756 g/mol. The second-order valence-corrected chi connectivity index (χ2v) is 13.5. The van der Waals surface area contributed by atoms with Crippen LogP contribution >= 0.6 is 0 Å². The van der Waals surface area contributed by atoms with E-state index in [0.717, 1.165) is 51.4 Å². The number of carboxylic acid groups (broad SMARTS) is 4. The molecular weight excluding hydrogens is 692 g/mol. The highest BCUT2D eigenvalue weighted by Gasteiger charge is 2.30. The number of nitrogens with two attached hydrogens (primary N) is 1. The topological polar surface area (TPSA) is 298 Å². The summed E-state index contributed by atoms with van der Waals surface area (Å²) in [6.45, 7) is 0.170. The maximum atomic E-state index is 13.2. The van der Waals surface area contributed by atoms with E-state index in [2.05, 4.69) is 21.3 Å². The van der Waals surface area contributed by atoms with Crippen molar-refractivity contribution >= 4 is 47.6 Å². The number of carbonyl (C=O) groups is 7. The summed E-state index contributed by atoms with van der Waals surface area (Å²) in [6.07, 6.45) is 15.8. The van der Waals surface area contributed by atoms with Gasteiger partial charge in [-0.25, -0.2) is 4.79 Å². The molecule has 304 valence electrons. The summed E-state index contributed by atoms with van der Waals surface area (Å²) < 4.78 is 0. The zero-order valence-corrected chi connectivity index (χ0v) is 31.1. The summed E-state index contributed by atoms with van der Waals surface area (Å²) in [5.41, 5.74) is 5.20. The molecule has 0 unspecified atom stereocenters. The Bertz CT molecular complexity index is 1140. The van der Waals surface area contributed by atoms with Crippen LogP contribution in [0.25, 0.3) is 0 Å². The molecular formula is C36H64N6O11. The Morgan fingerprint density at radius 3 is 1.19 bits per heavy atom. The number of nitrogens with one attached hydrogen (secondary N) is 5. The number of unbranched alkanes of at least 4 members (excludes halogenated alkanes) is 15. The van der Waals surface area contributed by atoms with E-state index in [4.69, 9.17) is 21.4 Å². The number of carboxylic acids is 4. The van der Waals surface area contributed by atoms with Crippen molar-refractivity contribution in [2.75, 3.05) is 6.54 Å². The number of guanidine groups is 1. The Morgan fingerprint density at radius 2 is 0.811 bits per heavy atom. The first-order valence-electron chi connectivity index (χ1n) is 19.1. The van der Waals surface area contributed by atoms with E-state index in [1.165, 1.54) is 44.9 Å². The molecule has 0 aliphatic heterocycles. The van der Waals surface area contributed by atoms with Gasteiger partial charge >= 0.3 is 23.9 Å². The van der Waals surface area contributed by atoms with Crippen LogP contribution in [-0.2, 0) is 33.6 Å². The van der Waals surface area contributed by atoms with Crippen molar-refractivity contribution in [1.82, 2.24) is 21.3 Å². The summed E-state index contributed by atoms with van der Waals surface area (Å²) in [6, 6.07) is -4.17. The van der Waals surface area contributed by atoms with E-state index in [1.807, 2.05) is 0 Å². The van der Waals surface area contributed by atoms with Crippen LogP contribution in [0.15, 0.2) is 0 Å². The van der Waals surface area contributed by atoms with Gasteiger partial charge in [0.05, 0.1) is 0 Å². The second kappa shape index (κ2) is 31.1. The predicted molar refractivity (Wildman–Crippen MR) is 197 cm³/mol. The zero-order chi connectivity index (χ0) is 39.9. The average molecular weight is 757 g/mol. The highest BCUT2D eigenvalue weighted by atomic mass is 16.4. The summed E-state index contributed by atoms with van der Waals surface area (Å²) in [5.74, 6) is -7.19. The van der Waals surface area contributed by atoms with Crippen molar-refractivity contribution in [3.63, 3.8) is 0 Å². The van der Waals surface area contributed by atoms with Crippen molar-refractivity contribution < 1.29 is 54.0 Å². The number of carbonyl (C=O) groups excluding carboxylic acids is 3. The second-order valence-electron chi connectivity index (χ2n) is 13.5. The van der Waals surface area contributed by atoms with E-state index in [1.54, 1.807) is 0 Å². The van der Waals surface area contributed by atoms with Crippen LogP contribution in [-0.4, -0.2) is 92.7 Å². The standard InChI is InChI=1S/C36H64N6O11/c37-36(38)39-25-17-18-28(35(52)53)42-34(51)27(22-24-32(48)49)41-33(50)26(21-23-31(46)47)40-29(43)19-15-13-11-9-7-5-3-1-2-4-6-8-10-12-14-16-20-30(44)45/h26-28H,1-25H2,(H,40,43)(H,41,50)(H,42,51)(H,44,45)(H,46,47)(H,48,49)(H,52,53)(H4,37,38,39)/t26-,27-,28-/m0/s1. The number of rotatable bonds is 35. The molecule has 3 atom stereocenters. The van der Waals surface area contributed by atoms with Gasteiger partial charge in [-0.05, 0) is 38.5 Å². The minimum atomic E-state index is -1.47. The fraction of sp³-hybridized carbons (Fsp3) is 0.778. The van der Waals surface area contributed by atoms with Crippen LogP contribution in [0.2, 0.25) is 0 Å². The van der Waals surface area contributed by atoms with Crippen molar-refractivity contribution in [3.05, 3.63) is 0 Å². The van der Waals surface area contributed by atoms with Gasteiger partial charge in [0.15, 0.2) is 5.96 Å². The van der Waals surface area contributed by atoms with Crippen molar-refractivity contribution in [2.24, 2.45) is 5.73 Å². The Morgan fingerprint density at radius 1 is 0.453 bits per heavy atom. The molecule has 0 aromatic carbocycles. The van der Waals surface area contributed by atoms with E-state index in [0.29, 0.717) is 6.42 Å². The maximum absolute atomic E-state index is 13.2. The predicted octanol–water partition coefficient (Wildman–Crippen LogP) is 3.62. The number of amides is 3. The van der Waals surface area contributed by atoms with Crippen molar-refractivity contribution in [2.45, 2.75) is 172 Å². The normalized spacial score (nSPS) is 12.5. The molecule has 17 heteroatoms. The van der Waals surface area contributed by atoms with Gasteiger partial charge in [-0.3, -0.25) is 34.2 Å². The quantitative estimate of drug-likeness (QED) is 0.0251. The summed E-state index contributed by atoms with van der Waals surface area (Å²) in [4.78, 5) is 83.6. The Labute approximate surface area is 312 Å². The Hall–Kier alpha value is -4.44. The van der Waals surface area contributed by atoms with Gasteiger partial charge in [-0.2, -0.15) is 0 Å². The van der Waals surface area contributed by atoms with Gasteiger partial charge in [0, 0.05) is 32.2 Å². The summed E-state index contributed by atoms with van der Waals surface area (Å²) in [7, 11) is 0. The lowest BCUT2D eigenvalue weighted by Gasteiger charge is -2.24. The highest BCUT2D eigenvalue weighted by molar-refractivity contribution is 5.93. The molecule has 3 amide bonds. The molecule has 11 N–H and O–H groups in total. The molecule has 17 nitrogen and oxygen atoms in total. The first kappa shape index (κ1) is 48.6. The Kier molecular flexibility index (Phi) is 28.5. The van der Waals surface area contributed by atoms with E-state index in [9.17, 15) is 43.8 Å². The van der Waals surface area contributed by atoms with Crippen LogP contribution in [0.3, 0.4) is 0 Å². The largest absolute Gasteiger partial charge is 0.481 e. The minimum absolute atomic E-state index is 0.0547.